The zero-order valence-corrected chi connectivity index (χ0v) is 19.9. The van der Waals surface area contributed by atoms with Crippen molar-refractivity contribution < 1.29 is 24.2 Å². The summed E-state index contributed by atoms with van der Waals surface area (Å²) >= 11 is 0. The molecule has 2 aliphatic rings. The predicted octanol–water partition coefficient (Wildman–Crippen LogP) is 2.85. The third-order valence-electron chi connectivity index (χ3n) is 6.84. The highest BCUT2D eigenvalue weighted by Gasteiger charge is 2.58. The van der Waals surface area contributed by atoms with Crippen molar-refractivity contribution in [2.24, 2.45) is 23.7 Å². The van der Waals surface area contributed by atoms with Gasteiger partial charge >= 0.3 is 5.97 Å². The predicted molar refractivity (Wildman–Crippen MR) is 125 cm³/mol. The van der Waals surface area contributed by atoms with Gasteiger partial charge in [0, 0.05) is 12.0 Å². The van der Waals surface area contributed by atoms with Gasteiger partial charge in [-0.2, -0.15) is 0 Å². The Morgan fingerprint density at radius 2 is 1.88 bits per heavy atom. The number of nitrogens with one attached hydrogen (secondary N) is 1. The van der Waals surface area contributed by atoms with Crippen LogP contribution < -0.4 is 5.32 Å². The number of ether oxygens (including phenoxy) is 1. The molecule has 1 aliphatic heterocycles. The van der Waals surface area contributed by atoms with Crippen LogP contribution in [0.5, 0.6) is 0 Å². The number of hydrogen-bond donors (Lipinski definition) is 2. The van der Waals surface area contributed by atoms with Crippen molar-refractivity contribution in [1.29, 1.82) is 0 Å². The third-order valence-corrected chi connectivity index (χ3v) is 6.84. The summed E-state index contributed by atoms with van der Waals surface area (Å²) in [6.45, 7) is 7.53. The van der Waals surface area contributed by atoms with Crippen molar-refractivity contribution in [3.05, 3.63) is 48.0 Å². The van der Waals surface area contributed by atoms with Crippen molar-refractivity contribution in [3.63, 3.8) is 0 Å². The van der Waals surface area contributed by atoms with Crippen molar-refractivity contribution in [2.45, 2.75) is 58.7 Å². The summed E-state index contributed by atoms with van der Waals surface area (Å²) in [4.78, 5) is 41.8. The molecule has 7 atom stereocenters. The van der Waals surface area contributed by atoms with E-state index < -0.39 is 35.8 Å². The molecule has 1 aromatic rings. The van der Waals surface area contributed by atoms with E-state index in [1.807, 2.05) is 56.3 Å². The molecule has 33 heavy (non-hydrogen) atoms. The molecule has 1 fully saturated rings. The van der Waals surface area contributed by atoms with E-state index in [9.17, 15) is 19.5 Å². The molecular weight excluding hydrogens is 420 g/mol. The number of carbonyl (C=O) groups excluding carboxylic acids is 3. The van der Waals surface area contributed by atoms with Gasteiger partial charge in [0.25, 0.3) is 0 Å². The van der Waals surface area contributed by atoms with Crippen molar-refractivity contribution >= 4 is 17.8 Å². The van der Waals surface area contributed by atoms with Crippen LogP contribution in [0.3, 0.4) is 0 Å². The van der Waals surface area contributed by atoms with Gasteiger partial charge in [0.05, 0.1) is 31.1 Å². The zero-order valence-electron chi connectivity index (χ0n) is 19.9. The highest BCUT2D eigenvalue weighted by atomic mass is 16.5. The summed E-state index contributed by atoms with van der Waals surface area (Å²) in [6, 6.07) is 7.67. The summed E-state index contributed by atoms with van der Waals surface area (Å²) in [6.07, 6.45) is 5.55. The molecule has 0 bridgehead atoms. The second-order valence-corrected chi connectivity index (χ2v) is 9.12. The molecule has 1 unspecified atom stereocenters. The van der Waals surface area contributed by atoms with Crippen LogP contribution in [0.1, 0.15) is 52.1 Å². The van der Waals surface area contributed by atoms with Gasteiger partial charge in [0.1, 0.15) is 6.04 Å². The van der Waals surface area contributed by atoms with Crippen LogP contribution >= 0.6 is 0 Å². The van der Waals surface area contributed by atoms with Crippen LogP contribution in [0.2, 0.25) is 0 Å². The Morgan fingerprint density at radius 3 is 2.48 bits per heavy atom. The van der Waals surface area contributed by atoms with E-state index in [2.05, 4.69) is 12.2 Å². The number of benzene rings is 1. The summed E-state index contributed by atoms with van der Waals surface area (Å²) in [5.41, 5.74) is 0.746. The van der Waals surface area contributed by atoms with Gasteiger partial charge in [-0.1, -0.05) is 62.8 Å². The number of fused-ring (bicyclic) bond motifs is 1. The Labute approximate surface area is 196 Å². The number of allylic oxidation sites excluding steroid dienone is 1. The lowest BCUT2D eigenvalue weighted by Gasteiger charge is -2.34. The van der Waals surface area contributed by atoms with Crippen LogP contribution in [0.4, 0.5) is 0 Å². The largest absolute Gasteiger partial charge is 0.466 e. The number of nitrogens with zero attached hydrogens (tertiary/aromatic N) is 1. The monoisotopic (exact) mass is 456 g/mol. The molecule has 0 saturated carbocycles. The van der Waals surface area contributed by atoms with Crippen LogP contribution in [0, 0.1) is 23.7 Å². The Balaban J connectivity index is 2.05. The molecular formula is C26H36N2O5. The van der Waals surface area contributed by atoms with Crippen molar-refractivity contribution in [2.75, 3.05) is 13.2 Å². The minimum atomic E-state index is -0.820. The first-order chi connectivity index (χ1) is 15.8. The molecule has 180 valence electrons. The lowest BCUT2D eigenvalue weighted by atomic mass is 9.70. The number of aliphatic hydroxyl groups excluding tert-OH is 1. The summed E-state index contributed by atoms with van der Waals surface area (Å²) in [5.74, 6) is -3.02. The van der Waals surface area contributed by atoms with E-state index in [4.69, 9.17) is 4.74 Å². The molecule has 1 aromatic carbocycles. The Hall–Kier alpha value is -2.67. The number of likely N-dealkylation sites (tertiary alicyclic amines) is 1. The van der Waals surface area contributed by atoms with Crippen molar-refractivity contribution in [3.8, 4) is 0 Å². The van der Waals surface area contributed by atoms with Gasteiger partial charge in [0.2, 0.25) is 11.8 Å². The Bertz CT molecular complexity index is 871. The molecule has 1 aliphatic carbocycles. The average molecular weight is 457 g/mol. The maximum absolute atomic E-state index is 13.9. The molecule has 7 heteroatoms. The highest BCUT2D eigenvalue weighted by molar-refractivity contribution is 5.96. The van der Waals surface area contributed by atoms with Crippen LogP contribution in [0.25, 0.3) is 0 Å². The van der Waals surface area contributed by atoms with Gasteiger partial charge in [0.15, 0.2) is 0 Å². The minimum absolute atomic E-state index is 0.0462. The molecule has 3 rings (SSSR count). The van der Waals surface area contributed by atoms with E-state index in [0.29, 0.717) is 0 Å². The van der Waals surface area contributed by atoms with E-state index in [-0.39, 0.29) is 37.0 Å². The van der Waals surface area contributed by atoms with Gasteiger partial charge < -0.3 is 20.1 Å². The number of amides is 2. The first-order valence-corrected chi connectivity index (χ1v) is 12.0. The van der Waals surface area contributed by atoms with Crippen LogP contribution in [0.15, 0.2) is 42.5 Å². The fraction of sp³-hybridized carbons (Fsp3) is 0.577. The topological polar surface area (TPSA) is 95.9 Å². The number of hydrogen-bond acceptors (Lipinski definition) is 5. The van der Waals surface area contributed by atoms with Gasteiger partial charge in [-0.25, -0.2) is 0 Å². The molecule has 1 heterocycles. The minimum Gasteiger partial charge on any atom is -0.466 e. The SMILES string of the molecule is CCCC(C)NC(=O)[C@@H]1[C@H]2C=C[C@@H](C)[C@@H](C(=O)OCC)[C@H]2C(=O)N1[C@H](CO)c1ccccc1. The number of esters is 1. The lowest BCUT2D eigenvalue weighted by Crippen LogP contribution is -2.51. The summed E-state index contributed by atoms with van der Waals surface area (Å²) in [5, 5.41) is 13.4. The van der Waals surface area contributed by atoms with Gasteiger partial charge in [-0.15, -0.1) is 0 Å². The number of aliphatic hydroxyl groups is 1. The number of carbonyl (C=O) groups is 3. The summed E-state index contributed by atoms with van der Waals surface area (Å²) in [7, 11) is 0. The van der Waals surface area contributed by atoms with E-state index in [0.717, 1.165) is 18.4 Å². The number of rotatable bonds is 9. The maximum atomic E-state index is 13.9. The molecule has 1 saturated heterocycles. The maximum Gasteiger partial charge on any atom is 0.310 e. The second-order valence-electron chi connectivity index (χ2n) is 9.12. The summed E-state index contributed by atoms with van der Waals surface area (Å²) < 4.78 is 5.31. The molecule has 2 amide bonds. The molecule has 0 spiro atoms. The molecule has 7 nitrogen and oxygen atoms in total. The average Bonchev–Trinajstić information content (AvgIpc) is 3.08. The Morgan fingerprint density at radius 1 is 1.18 bits per heavy atom. The van der Waals surface area contributed by atoms with E-state index in [1.54, 1.807) is 6.92 Å². The second kappa shape index (κ2) is 11.0. The van der Waals surface area contributed by atoms with Crippen LogP contribution in [-0.4, -0.2) is 53.1 Å². The normalized spacial score (nSPS) is 28.2. The quantitative estimate of drug-likeness (QED) is 0.440. The molecule has 0 radical (unpaired) electrons. The lowest BCUT2D eigenvalue weighted by molar-refractivity contribution is -0.155. The standard InChI is InChI=1S/C26H36N2O5/c1-5-10-17(4)27-24(30)23-19-14-13-16(3)21(26(32)33-6-2)22(19)25(31)28(23)20(15-29)18-11-8-7-9-12-18/h7-9,11-14,16-17,19-23,29H,5-6,10,15H2,1-4H3,(H,27,30)/t16-,17?,19+,20-,21-,22+,23+/m1/s1. The van der Waals surface area contributed by atoms with Gasteiger partial charge in [-0.3, -0.25) is 14.4 Å². The first kappa shape index (κ1) is 25.0. The molecule has 2 N–H and O–H groups in total. The van der Waals surface area contributed by atoms with E-state index in [1.165, 1.54) is 4.90 Å². The fourth-order valence-electron chi connectivity index (χ4n) is 5.33. The van der Waals surface area contributed by atoms with Crippen LogP contribution in [-0.2, 0) is 19.1 Å². The Kier molecular flexibility index (Phi) is 8.30. The first-order valence-electron chi connectivity index (χ1n) is 12.0. The van der Waals surface area contributed by atoms with Gasteiger partial charge in [-0.05, 0) is 31.7 Å². The fourth-order valence-corrected chi connectivity index (χ4v) is 5.33. The zero-order chi connectivity index (χ0) is 24.1. The third kappa shape index (κ3) is 4.98. The van der Waals surface area contributed by atoms with Crippen molar-refractivity contribution in [1.82, 2.24) is 10.2 Å². The molecule has 0 aromatic heterocycles. The van der Waals surface area contributed by atoms with E-state index >= 15 is 0 Å². The highest BCUT2D eigenvalue weighted by Crippen LogP contribution is 2.47. The smallest absolute Gasteiger partial charge is 0.310 e.